The van der Waals surface area contributed by atoms with E-state index in [9.17, 15) is 8.42 Å². The fourth-order valence-corrected chi connectivity index (χ4v) is 2.68. The molecular weight excluding hydrogens is 254 g/mol. The van der Waals surface area contributed by atoms with Gasteiger partial charge in [0.05, 0.1) is 18.5 Å². The molecule has 0 radical (unpaired) electrons. The van der Waals surface area contributed by atoms with Gasteiger partial charge in [-0.1, -0.05) is 0 Å². The van der Waals surface area contributed by atoms with Gasteiger partial charge < -0.3 is 10.5 Å². The topological polar surface area (TPSA) is 93.4 Å². The molecule has 0 heterocycles. The second kappa shape index (κ2) is 5.03. The van der Waals surface area contributed by atoms with Crippen LogP contribution in [-0.2, 0) is 10.2 Å². The van der Waals surface area contributed by atoms with Gasteiger partial charge in [0.1, 0.15) is 5.75 Å². The molecule has 0 fully saturated rings. The Morgan fingerprint density at radius 1 is 1.28 bits per heavy atom. The third-order valence-corrected chi connectivity index (χ3v) is 3.31. The van der Waals surface area contributed by atoms with Gasteiger partial charge in [0.2, 0.25) is 0 Å². The Balaban J connectivity index is 2.88. The van der Waals surface area contributed by atoms with Gasteiger partial charge in [0, 0.05) is 5.54 Å². The Morgan fingerprint density at radius 3 is 2.33 bits per heavy atom. The second-order valence-corrected chi connectivity index (χ2v) is 6.33. The molecule has 4 N–H and O–H groups in total. The summed E-state index contributed by atoms with van der Waals surface area (Å²) in [4.78, 5) is 0. The first kappa shape index (κ1) is 14.6. The SMILES string of the molecule is COc1ccc(NS(=O)(=O)NC(C)(C)C)cc1N. The number of rotatable bonds is 4. The van der Waals surface area contributed by atoms with Crippen LogP contribution in [0.3, 0.4) is 0 Å². The molecule has 18 heavy (non-hydrogen) atoms. The summed E-state index contributed by atoms with van der Waals surface area (Å²) in [6, 6.07) is 4.68. The molecule has 0 atom stereocenters. The van der Waals surface area contributed by atoms with Crippen LogP contribution >= 0.6 is 0 Å². The third-order valence-electron chi connectivity index (χ3n) is 1.92. The van der Waals surface area contributed by atoms with E-state index in [4.69, 9.17) is 10.5 Å². The van der Waals surface area contributed by atoms with Crippen LogP contribution in [0, 0.1) is 0 Å². The average molecular weight is 273 g/mol. The first-order valence-corrected chi connectivity index (χ1v) is 6.86. The quantitative estimate of drug-likeness (QED) is 0.721. The van der Waals surface area contributed by atoms with Crippen LogP contribution in [0.1, 0.15) is 20.8 Å². The van der Waals surface area contributed by atoms with Crippen LogP contribution in [0.25, 0.3) is 0 Å². The van der Waals surface area contributed by atoms with Crippen LogP contribution in [0.15, 0.2) is 18.2 Å². The molecule has 0 saturated heterocycles. The molecule has 0 amide bonds. The molecule has 0 aliphatic rings. The summed E-state index contributed by atoms with van der Waals surface area (Å²) < 4.78 is 33.4. The molecule has 1 rings (SSSR count). The summed E-state index contributed by atoms with van der Waals surface area (Å²) in [7, 11) is -2.13. The largest absolute Gasteiger partial charge is 0.495 e. The summed E-state index contributed by atoms with van der Waals surface area (Å²) in [6.45, 7) is 5.28. The van der Waals surface area contributed by atoms with Crippen molar-refractivity contribution in [1.29, 1.82) is 0 Å². The summed E-state index contributed by atoms with van der Waals surface area (Å²) >= 11 is 0. The van der Waals surface area contributed by atoms with Gasteiger partial charge in [-0.05, 0) is 39.0 Å². The van der Waals surface area contributed by atoms with Crippen molar-refractivity contribution in [2.24, 2.45) is 0 Å². The molecule has 0 aromatic heterocycles. The van der Waals surface area contributed by atoms with E-state index in [2.05, 4.69) is 9.44 Å². The van der Waals surface area contributed by atoms with E-state index in [1.165, 1.54) is 13.2 Å². The number of nitrogen functional groups attached to an aromatic ring is 1. The van der Waals surface area contributed by atoms with E-state index < -0.39 is 15.7 Å². The van der Waals surface area contributed by atoms with E-state index in [1.54, 1.807) is 32.9 Å². The maximum atomic E-state index is 11.8. The zero-order chi connectivity index (χ0) is 14.0. The lowest BCUT2D eigenvalue weighted by Crippen LogP contribution is -2.43. The zero-order valence-corrected chi connectivity index (χ0v) is 11.8. The van der Waals surface area contributed by atoms with Crippen LogP contribution in [-0.4, -0.2) is 21.1 Å². The maximum absolute atomic E-state index is 11.8. The third kappa shape index (κ3) is 4.42. The second-order valence-electron chi connectivity index (χ2n) is 4.91. The zero-order valence-electron chi connectivity index (χ0n) is 10.9. The fraction of sp³-hybridized carbons (Fsp3) is 0.455. The summed E-state index contributed by atoms with van der Waals surface area (Å²) in [5.41, 5.74) is 5.89. The Labute approximate surface area is 108 Å². The van der Waals surface area contributed by atoms with Crippen molar-refractivity contribution in [2.45, 2.75) is 26.3 Å². The Kier molecular flexibility index (Phi) is 4.08. The molecule has 0 spiro atoms. The Bertz CT molecular complexity index is 521. The van der Waals surface area contributed by atoms with Crippen molar-refractivity contribution in [3.8, 4) is 5.75 Å². The normalized spacial score (nSPS) is 12.2. The van der Waals surface area contributed by atoms with E-state index in [1.807, 2.05) is 0 Å². The lowest BCUT2D eigenvalue weighted by atomic mass is 10.1. The smallest absolute Gasteiger partial charge is 0.299 e. The van der Waals surface area contributed by atoms with Crippen molar-refractivity contribution in [1.82, 2.24) is 4.72 Å². The lowest BCUT2D eigenvalue weighted by molar-refractivity contribution is 0.417. The number of anilines is 2. The first-order valence-electron chi connectivity index (χ1n) is 5.38. The van der Waals surface area contributed by atoms with Gasteiger partial charge in [-0.25, -0.2) is 0 Å². The minimum absolute atomic E-state index is 0.369. The average Bonchev–Trinajstić information content (AvgIpc) is 2.12. The van der Waals surface area contributed by atoms with Gasteiger partial charge in [-0.15, -0.1) is 0 Å². The number of methoxy groups -OCH3 is 1. The van der Waals surface area contributed by atoms with Crippen molar-refractivity contribution >= 4 is 21.6 Å². The molecule has 6 nitrogen and oxygen atoms in total. The van der Waals surface area contributed by atoms with Crippen LogP contribution in [0.2, 0.25) is 0 Å². The van der Waals surface area contributed by atoms with Crippen LogP contribution < -0.4 is 19.9 Å². The summed E-state index contributed by atoms with van der Waals surface area (Å²) in [5.74, 6) is 0.502. The maximum Gasteiger partial charge on any atom is 0.299 e. The van der Waals surface area contributed by atoms with Gasteiger partial charge >= 0.3 is 0 Å². The Hall–Kier alpha value is -1.47. The molecule has 0 bridgehead atoms. The molecule has 0 unspecified atom stereocenters. The lowest BCUT2D eigenvalue weighted by Gasteiger charge is -2.21. The highest BCUT2D eigenvalue weighted by Gasteiger charge is 2.19. The van der Waals surface area contributed by atoms with Crippen molar-refractivity contribution in [3.63, 3.8) is 0 Å². The molecule has 1 aromatic carbocycles. The number of hydrogen-bond acceptors (Lipinski definition) is 4. The van der Waals surface area contributed by atoms with Gasteiger partial charge in [-0.2, -0.15) is 13.1 Å². The highest BCUT2D eigenvalue weighted by molar-refractivity contribution is 7.90. The predicted octanol–water partition coefficient (Wildman–Crippen LogP) is 1.32. The van der Waals surface area contributed by atoms with Gasteiger partial charge in [0.15, 0.2) is 0 Å². The highest BCUT2D eigenvalue weighted by Crippen LogP contribution is 2.25. The Morgan fingerprint density at radius 2 is 1.89 bits per heavy atom. The van der Waals surface area contributed by atoms with Crippen LogP contribution in [0.5, 0.6) is 5.75 Å². The standard InChI is InChI=1S/C11H19N3O3S/c1-11(2,3)14-18(15,16)13-8-5-6-10(17-4)9(12)7-8/h5-7,13-14H,12H2,1-4H3. The first-order chi connectivity index (χ1) is 8.13. The minimum Gasteiger partial charge on any atom is -0.495 e. The van der Waals surface area contributed by atoms with Gasteiger partial charge in [0.25, 0.3) is 10.2 Å². The monoisotopic (exact) mass is 273 g/mol. The van der Waals surface area contributed by atoms with E-state index in [-0.39, 0.29) is 0 Å². The van der Waals surface area contributed by atoms with Crippen LogP contribution in [0.4, 0.5) is 11.4 Å². The number of ether oxygens (including phenoxy) is 1. The molecule has 7 heteroatoms. The molecule has 0 saturated carbocycles. The molecule has 102 valence electrons. The van der Waals surface area contributed by atoms with Gasteiger partial charge in [-0.3, -0.25) is 4.72 Å². The molecule has 0 aliphatic carbocycles. The summed E-state index contributed by atoms with van der Waals surface area (Å²) in [5, 5.41) is 0. The molecular formula is C11H19N3O3S. The summed E-state index contributed by atoms with van der Waals surface area (Å²) in [6.07, 6.45) is 0. The number of hydrogen-bond donors (Lipinski definition) is 3. The number of nitrogens with one attached hydrogen (secondary N) is 2. The fourth-order valence-electron chi connectivity index (χ4n) is 1.38. The van der Waals surface area contributed by atoms with Crippen molar-refractivity contribution in [2.75, 3.05) is 17.6 Å². The van der Waals surface area contributed by atoms with E-state index in [0.29, 0.717) is 17.1 Å². The molecule has 0 aliphatic heterocycles. The van der Waals surface area contributed by atoms with Crippen molar-refractivity contribution < 1.29 is 13.2 Å². The van der Waals surface area contributed by atoms with E-state index >= 15 is 0 Å². The van der Waals surface area contributed by atoms with E-state index in [0.717, 1.165) is 0 Å². The number of benzene rings is 1. The molecule has 1 aromatic rings. The predicted molar refractivity (Wildman–Crippen MR) is 72.8 cm³/mol. The number of nitrogens with two attached hydrogens (primary N) is 1. The van der Waals surface area contributed by atoms with Crippen molar-refractivity contribution in [3.05, 3.63) is 18.2 Å². The highest BCUT2D eigenvalue weighted by atomic mass is 32.2. The minimum atomic E-state index is -3.63.